The second kappa shape index (κ2) is 11.7. The van der Waals surface area contributed by atoms with Gasteiger partial charge in [0.1, 0.15) is 12.4 Å². The van der Waals surface area contributed by atoms with Crippen LogP contribution in [-0.2, 0) is 12.0 Å². The zero-order valence-corrected chi connectivity index (χ0v) is 22.6. The van der Waals surface area contributed by atoms with Crippen molar-refractivity contribution in [3.05, 3.63) is 101 Å². The van der Waals surface area contributed by atoms with E-state index < -0.39 is 5.97 Å². The zero-order valence-electron chi connectivity index (χ0n) is 22.6. The van der Waals surface area contributed by atoms with Gasteiger partial charge in [0.15, 0.2) is 5.78 Å². The van der Waals surface area contributed by atoms with Crippen molar-refractivity contribution in [2.45, 2.75) is 32.8 Å². The van der Waals surface area contributed by atoms with Crippen LogP contribution in [0.3, 0.4) is 0 Å². The fourth-order valence-electron chi connectivity index (χ4n) is 4.48. The van der Waals surface area contributed by atoms with Gasteiger partial charge in [0.25, 0.3) is 0 Å². The summed E-state index contributed by atoms with van der Waals surface area (Å²) in [7, 11) is 2.12. The summed E-state index contributed by atoms with van der Waals surface area (Å²) in [6.45, 7) is 10.4. The number of benzene rings is 3. The van der Waals surface area contributed by atoms with E-state index >= 15 is 0 Å². The maximum absolute atomic E-state index is 13.4. The van der Waals surface area contributed by atoms with Crippen molar-refractivity contribution in [2.24, 2.45) is 0 Å². The molecular weight excluding hydrogens is 476 g/mol. The summed E-state index contributed by atoms with van der Waals surface area (Å²) in [4.78, 5) is 29.1. The molecule has 198 valence electrons. The van der Waals surface area contributed by atoms with Gasteiger partial charge in [-0.05, 0) is 53.9 Å². The fraction of sp³-hybridized carbons (Fsp3) is 0.312. The highest BCUT2D eigenvalue weighted by Gasteiger charge is 2.27. The SMILES string of the molecule is CN1CCN(c2cc(C(=O)/C=C/c3ccc(C(=O)O)cc3)cc(C(C)(C)C)c2OCc2ccccc2)CC1. The molecule has 38 heavy (non-hydrogen) atoms. The van der Waals surface area contributed by atoms with Crippen LogP contribution >= 0.6 is 0 Å². The first-order valence-corrected chi connectivity index (χ1v) is 13.0. The number of rotatable bonds is 8. The van der Waals surface area contributed by atoms with Crippen molar-refractivity contribution in [2.75, 3.05) is 38.1 Å². The number of ketones is 1. The van der Waals surface area contributed by atoms with Gasteiger partial charge in [-0.1, -0.05) is 69.3 Å². The first kappa shape index (κ1) is 27.1. The van der Waals surface area contributed by atoms with Crippen molar-refractivity contribution in [1.82, 2.24) is 4.90 Å². The van der Waals surface area contributed by atoms with Crippen molar-refractivity contribution < 1.29 is 19.4 Å². The van der Waals surface area contributed by atoms with Crippen molar-refractivity contribution in [3.8, 4) is 5.75 Å². The van der Waals surface area contributed by atoms with Gasteiger partial charge in [-0.2, -0.15) is 0 Å². The Hall–Kier alpha value is -3.90. The average molecular weight is 513 g/mol. The molecule has 1 fully saturated rings. The van der Waals surface area contributed by atoms with Gasteiger partial charge in [-0.15, -0.1) is 0 Å². The third-order valence-corrected chi connectivity index (χ3v) is 6.82. The number of nitrogens with zero attached hydrogens (tertiary/aromatic N) is 2. The average Bonchev–Trinajstić information content (AvgIpc) is 2.91. The summed E-state index contributed by atoms with van der Waals surface area (Å²) in [6.07, 6.45) is 3.27. The monoisotopic (exact) mass is 512 g/mol. The molecule has 0 aromatic heterocycles. The molecule has 0 amide bonds. The lowest BCUT2D eigenvalue weighted by molar-refractivity contribution is 0.0696. The van der Waals surface area contributed by atoms with Crippen LogP contribution in [0, 0.1) is 0 Å². The summed E-state index contributed by atoms with van der Waals surface area (Å²) in [5.74, 6) is -0.254. The fourth-order valence-corrected chi connectivity index (χ4v) is 4.48. The van der Waals surface area contributed by atoms with Crippen LogP contribution in [0.5, 0.6) is 5.75 Å². The molecule has 3 aromatic rings. The number of allylic oxidation sites excluding steroid dienone is 1. The third-order valence-electron chi connectivity index (χ3n) is 6.82. The van der Waals surface area contributed by atoms with Crippen LogP contribution in [0.4, 0.5) is 5.69 Å². The first-order valence-electron chi connectivity index (χ1n) is 13.0. The molecule has 0 radical (unpaired) electrons. The molecule has 4 rings (SSSR count). The van der Waals surface area contributed by atoms with Crippen LogP contribution in [0.15, 0.2) is 72.8 Å². The Labute approximate surface area is 225 Å². The molecule has 1 saturated heterocycles. The molecule has 0 aliphatic carbocycles. The van der Waals surface area contributed by atoms with Crippen molar-refractivity contribution in [1.29, 1.82) is 0 Å². The van der Waals surface area contributed by atoms with E-state index in [9.17, 15) is 9.59 Å². The molecule has 0 bridgehead atoms. The molecule has 6 heteroatoms. The molecular formula is C32H36N2O4. The maximum atomic E-state index is 13.4. The second-order valence-corrected chi connectivity index (χ2v) is 10.8. The summed E-state index contributed by atoms with van der Waals surface area (Å²) in [5, 5.41) is 9.12. The Bertz CT molecular complexity index is 1300. The molecule has 1 heterocycles. The van der Waals surface area contributed by atoms with Crippen LogP contribution in [0.1, 0.15) is 58.2 Å². The smallest absolute Gasteiger partial charge is 0.335 e. The minimum Gasteiger partial charge on any atom is -0.486 e. The molecule has 1 aliphatic rings. The molecule has 0 spiro atoms. The maximum Gasteiger partial charge on any atom is 0.335 e. The largest absolute Gasteiger partial charge is 0.486 e. The van der Waals surface area contributed by atoms with Gasteiger partial charge >= 0.3 is 5.97 Å². The Morgan fingerprint density at radius 1 is 0.921 bits per heavy atom. The quantitative estimate of drug-likeness (QED) is 0.299. The molecule has 6 nitrogen and oxygen atoms in total. The number of aromatic carboxylic acids is 1. The summed E-state index contributed by atoms with van der Waals surface area (Å²) < 4.78 is 6.52. The van der Waals surface area contributed by atoms with E-state index in [0.717, 1.165) is 54.3 Å². The Balaban J connectivity index is 1.71. The van der Waals surface area contributed by atoms with Gasteiger partial charge in [0, 0.05) is 37.3 Å². The highest BCUT2D eigenvalue weighted by molar-refractivity contribution is 6.08. The molecule has 1 N–H and O–H groups in total. The van der Waals surface area contributed by atoms with Gasteiger partial charge in [-0.25, -0.2) is 4.79 Å². The number of hydrogen-bond acceptors (Lipinski definition) is 5. The lowest BCUT2D eigenvalue weighted by Gasteiger charge is -2.36. The van der Waals surface area contributed by atoms with E-state index in [4.69, 9.17) is 9.84 Å². The second-order valence-electron chi connectivity index (χ2n) is 10.8. The number of carboxylic acids is 1. The predicted octanol–water partition coefficient (Wildman–Crippen LogP) is 5.91. The minimum absolute atomic E-state index is 0.109. The number of hydrogen-bond donors (Lipinski definition) is 1. The topological polar surface area (TPSA) is 70.1 Å². The zero-order chi connectivity index (χ0) is 27.3. The van der Waals surface area contributed by atoms with E-state index in [0.29, 0.717) is 12.2 Å². The number of carbonyl (C=O) groups excluding carboxylic acids is 1. The van der Waals surface area contributed by atoms with Crippen LogP contribution in [-0.4, -0.2) is 55.0 Å². The van der Waals surface area contributed by atoms with Gasteiger partial charge in [0.2, 0.25) is 0 Å². The van der Waals surface area contributed by atoms with E-state index in [1.165, 1.54) is 12.1 Å². The van der Waals surface area contributed by atoms with Gasteiger partial charge in [0.05, 0.1) is 11.3 Å². The predicted molar refractivity (Wildman–Crippen MR) is 152 cm³/mol. The number of carbonyl (C=O) groups is 2. The van der Waals surface area contributed by atoms with E-state index in [1.54, 1.807) is 24.3 Å². The van der Waals surface area contributed by atoms with Gasteiger partial charge < -0.3 is 19.6 Å². The van der Waals surface area contributed by atoms with E-state index in [-0.39, 0.29) is 16.8 Å². The summed E-state index contributed by atoms with van der Waals surface area (Å²) >= 11 is 0. The third kappa shape index (κ3) is 6.69. The Morgan fingerprint density at radius 3 is 2.18 bits per heavy atom. The molecule has 1 aliphatic heterocycles. The van der Waals surface area contributed by atoms with Crippen molar-refractivity contribution in [3.63, 3.8) is 0 Å². The number of ether oxygens (including phenoxy) is 1. The highest BCUT2D eigenvalue weighted by atomic mass is 16.5. The number of likely N-dealkylation sites (N-methyl/N-ethyl adjacent to an activating group) is 1. The van der Waals surface area contributed by atoms with Crippen molar-refractivity contribution >= 4 is 23.5 Å². The number of piperazine rings is 1. The normalized spacial score (nSPS) is 14.6. The van der Waals surface area contributed by atoms with E-state index in [2.05, 4.69) is 49.8 Å². The standard InChI is InChI=1S/C32H36N2O4/c1-32(2,3)27-20-26(29(35)15-12-23-10-13-25(14-11-23)31(36)37)21-28(34-18-16-33(4)17-19-34)30(27)38-22-24-8-6-5-7-9-24/h5-15,20-21H,16-19,22H2,1-4H3,(H,36,37)/b15-12+. The first-order chi connectivity index (χ1) is 18.1. The van der Waals surface area contributed by atoms with Crippen LogP contribution in [0.25, 0.3) is 6.08 Å². The lowest BCUT2D eigenvalue weighted by Crippen LogP contribution is -2.44. The summed E-state index contributed by atoms with van der Waals surface area (Å²) in [6, 6.07) is 20.5. The lowest BCUT2D eigenvalue weighted by atomic mass is 9.84. The molecule has 3 aromatic carbocycles. The van der Waals surface area contributed by atoms with Crippen LogP contribution in [0.2, 0.25) is 0 Å². The molecule has 0 atom stereocenters. The Morgan fingerprint density at radius 2 is 1.58 bits per heavy atom. The minimum atomic E-state index is -0.975. The Kier molecular flexibility index (Phi) is 8.32. The number of anilines is 1. The number of carboxylic acid groups (broad SMARTS) is 1. The summed E-state index contributed by atoms with van der Waals surface area (Å²) in [5.41, 5.74) is 4.37. The molecule has 0 saturated carbocycles. The highest BCUT2D eigenvalue weighted by Crippen LogP contribution is 2.41. The van der Waals surface area contributed by atoms with Gasteiger partial charge in [-0.3, -0.25) is 4.79 Å². The van der Waals surface area contributed by atoms with E-state index in [1.807, 2.05) is 30.3 Å². The molecule has 0 unspecified atom stereocenters. The van der Waals surface area contributed by atoms with Crippen LogP contribution < -0.4 is 9.64 Å².